The molecule has 1 aliphatic heterocycles. The van der Waals surface area contributed by atoms with E-state index in [-0.39, 0.29) is 36.0 Å². The molecule has 1 N–H and O–H groups in total. The maximum atomic E-state index is 14.2. The van der Waals surface area contributed by atoms with Crippen molar-refractivity contribution < 1.29 is 28.3 Å². The number of carbonyl (C=O) groups is 3. The zero-order valence-electron chi connectivity index (χ0n) is 27.5. The molecule has 0 spiro atoms. The SMILES string of the molecule is CCCN(CCC)C(=O)c1cc(C)cc(C(=O)CC(Cc2cc(F)cc(F)c2)[C@H](O)C2CCCCN(Cc3ccc(Cl)cc3)C2=O)c1. The molecule has 47 heavy (non-hydrogen) atoms. The number of amides is 2. The van der Waals surface area contributed by atoms with Gasteiger partial charge in [-0.2, -0.15) is 0 Å². The van der Waals surface area contributed by atoms with Crippen molar-refractivity contribution in [2.75, 3.05) is 19.6 Å². The fourth-order valence-electron chi connectivity index (χ4n) is 6.55. The zero-order chi connectivity index (χ0) is 34.1. The molecule has 0 aliphatic carbocycles. The van der Waals surface area contributed by atoms with Crippen LogP contribution < -0.4 is 0 Å². The van der Waals surface area contributed by atoms with E-state index in [4.69, 9.17) is 11.6 Å². The van der Waals surface area contributed by atoms with E-state index < -0.39 is 29.6 Å². The molecular formula is C38H45ClF2N2O4. The molecule has 3 aromatic carbocycles. The topological polar surface area (TPSA) is 77.9 Å². The van der Waals surface area contributed by atoms with E-state index in [0.717, 1.165) is 36.5 Å². The molecule has 3 atom stereocenters. The summed E-state index contributed by atoms with van der Waals surface area (Å²) in [5, 5.41) is 12.5. The lowest BCUT2D eigenvalue weighted by molar-refractivity contribution is -0.140. The van der Waals surface area contributed by atoms with E-state index in [1.165, 1.54) is 12.1 Å². The summed E-state index contributed by atoms with van der Waals surface area (Å²) in [7, 11) is 0. The second kappa shape index (κ2) is 17.0. The van der Waals surface area contributed by atoms with Crippen molar-refractivity contribution in [2.45, 2.75) is 78.4 Å². The Morgan fingerprint density at radius 3 is 2.21 bits per heavy atom. The number of ketones is 1. The molecule has 4 rings (SSSR count). The van der Waals surface area contributed by atoms with Crippen LogP contribution in [0.1, 0.15) is 89.8 Å². The largest absolute Gasteiger partial charge is 0.392 e. The highest BCUT2D eigenvalue weighted by Crippen LogP contribution is 2.31. The normalized spacial score (nSPS) is 16.4. The molecule has 1 heterocycles. The number of nitrogens with zero attached hydrogens (tertiary/aromatic N) is 2. The second-order valence-corrected chi connectivity index (χ2v) is 13.2. The van der Waals surface area contributed by atoms with Gasteiger partial charge in [-0.25, -0.2) is 8.78 Å². The Labute approximate surface area is 281 Å². The number of aryl methyl sites for hydroxylation is 1. The van der Waals surface area contributed by atoms with E-state index in [1.54, 1.807) is 40.1 Å². The van der Waals surface area contributed by atoms with Crippen LogP contribution >= 0.6 is 11.6 Å². The Bertz CT molecular complexity index is 1520. The maximum Gasteiger partial charge on any atom is 0.253 e. The monoisotopic (exact) mass is 666 g/mol. The third kappa shape index (κ3) is 9.94. The van der Waals surface area contributed by atoms with Gasteiger partial charge in [0.15, 0.2) is 5.78 Å². The lowest BCUT2D eigenvalue weighted by Gasteiger charge is -2.31. The molecule has 6 nitrogen and oxygen atoms in total. The van der Waals surface area contributed by atoms with Crippen molar-refractivity contribution in [1.29, 1.82) is 0 Å². The van der Waals surface area contributed by atoms with Crippen molar-refractivity contribution in [3.05, 3.63) is 105 Å². The van der Waals surface area contributed by atoms with Crippen molar-refractivity contribution in [1.82, 2.24) is 9.80 Å². The molecular weight excluding hydrogens is 622 g/mol. The average Bonchev–Trinajstić information content (AvgIpc) is 3.21. The van der Waals surface area contributed by atoms with Gasteiger partial charge < -0.3 is 14.9 Å². The number of benzene rings is 3. The molecule has 2 amide bonds. The standard InChI is InChI=1S/C38H45ClF2N2O4/c1-4-13-42(14-5-2)37(46)30-17-25(3)16-28(21-30)35(44)22-29(18-27-19-32(40)23-33(41)20-27)36(45)34-8-6-7-15-43(38(34)47)24-26-9-11-31(39)12-10-26/h9-12,16-17,19-21,23,29,34,36,45H,4-8,13-15,18,22,24H2,1-3H3/t29?,34?,36-/m0/s1. The number of aliphatic hydroxyl groups is 1. The quantitative estimate of drug-likeness (QED) is 0.178. The number of rotatable bonds is 14. The minimum atomic E-state index is -1.25. The molecule has 1 fully saturated rings. The predicted molar refractivity (Wildman–Crippen MR) is 180 cm³/mol. The number of aliphatic hydroxyl groups excluding tert-OH is 1. The number of hydrogen-bond acceptors (Lipinski definition) is 4. The summed E-state index contributed by atoms with van der Waals surface area (Å²) in [6.07, 6.45) is 2.06. The molecule has 0 bridgehead atoms. The van der Waals surface area contributed by atoms with Gasteiger partial charge >= 0.3 is 0 Å². The summed E-state index contributed by atoms with van der Waals surface area (Å²) in [6, 6.07) is 15.5. The first-order valence-corrected chi connectivity index (χ1v) is 17.0. The Kier molecular flexibility index (Phi) is 13.1. The summed E-state index contributed by atoms with van der Waals surface area (Å²) in [5.41, 5.74) is 2.67. The van der Waals surface area contributed by atoms with Crippen molar-refractivity contribution in [2.24, 2.45) is 11.8 Å². The summed E-state index contributed by atoms with van der Waals surface area (Å²) in [6.45, 7) is 7.92. The smallest absolute Gasteiger partial charge is 0.253 e. The highest BCUT2D eigenvalue weighted by molar-refractivity contribution is 6.30. The summed E-state index contributed by atoms with van der Waals surface area (Å²) < 4.78 is 28.5. The molecule has 0 aromatic heterocycles. The fourth-order valence-corrected chi connectivity index (χ4v) is 6.68. The third-order valence-corrected chi connectivity index (χ3v) is 9.04. The van der Waals surface area contributed by atoms with Gasteiger partial charge in [0.2, 0.25) is 5.91 Å². The van der Waals surface area contributed by atoms with E-state index in [2.05, 4.69) is 0 Å². The van der Waals surface area contributed by atoms with E-state index in [0.29, 0.717) is 55.2 Å². The van der Waals surface area contributed by atoms with Crippen LogP contribution in [0.15, 0.2) is 60.7 Å². The lowest BCUT2D eigenvalue weighted by atomic mass is 9.80. The average molecular weight is 667 g/mol. The number of Topliss-reactive ketones (excluding diaryl/α,β-unsaturated/α-hetero) is 1. The van der Waals surface area contributed by atoms with Crippen LogP contribution in [0.5, 0.6) is 0 Å². The molecule has 1 aliphatic rings. The minimum absolute atomic E-state index is 0.0130. The van der Waals surface area contributed by atoms with Gasteiger partial charge in [0, 0.05) is 54.8 Å². The third-order valence-electron chi connectivity index (χ3n) is 8.79. The maximum absolute atomic E-state index is 14.2. The van der Waals surface area contributed by atoms with Gasteiger partial charge in [0.05, 0.1) is 12.0 Å². The van der Waals surface area contributed by atoms with Crippen molar-refractivity contribution >= 4 is 29.2 Å². The van der Waals surface area contributed by atoms with Crippen molar-refractivity contribution in [3.63, 3.8) is 0 Å². The van der Waals surface area contributed by atoms with Crippen LogP contribution in [-0.4, -0.2) is 58.2 Å². The minimum Gasteiger partial charge on any atom is -0.392 e. The molecule has 0 radical (unpaired) electrons. The Balaban J connectivity index is 1.63. The first-order chi connectivity index (χ1) is 22.5. The van der Waals surface area contributed by atoms with E-state index in [9.17, 15) is 28.3 Å². The van der Waals surface area contributed by atoms with Crippen LogP contribution in [-0.2, 0) is 17.8 Å². The molecule has 9 heteroatoms. The van der Waals surface area contributed by atoms with Crippen LogP contribution in [0.25, 0.3) is 0 Å². The van der Waals surface area contributed by atoms with Crippen LogP contribution in [0.3, 0.4) is 0 Å². The summed E-state index contributed by atoms with van der Waals surface area (Å²) in [4.78, 5) is 44.7. The Morgan fingerprint density at radius 2 is 1.57 bits per heavy atom. The van der Waals surface area contributed by atoms with Crippen molar-refractivity contribution in [3.8, 4) is 0 Å². The Morgan fingerprint density at radius 1 is 0.936 bits per heavy atom. The lowest BCUT2D eigenvalue weighted by Crippen LogP contribution is -2.43. The van der Waals surface area contributed by atoms with Crippen LogP contribution in [0, 0.1) is 30.4 Å². The predicted octanol–water partition coefficient (Wildman–Crippen LogP) is 7.81. The molecule has 0 saturated carbocycles. The first kappa shape index (κ1) is 36.2. The van der Waals surface area contributed by atoms with Crippen LogP contribution in [0.4, 0.5) is 8.78 Å². The Hall–Kier alpha value is -3.62. The van der Waals surface area contributed by atoms with Crippen LogP contribution in [0.2, 0.25) is 5.02 Å². The van der Waals surface area contributed by atoms with E-state index in [1.807, 2.05) is 32.9 Å². The molecule has 3 aromatic rings. The molecule has 252 valence electrons. The van der Waals surface area contributed by atoms with Gasteiger partial charge in [0.1, 0.15) is 11.6 Å². The number of hydrogen-bond donors (Lipinski definition) is 1. The second-order valence-electron chi connectivity index (χ2n) is 12.7. The number of carbonyl (C=O) groups excluding carboxylic acids is 3. The summed E-state index contributed by atoms with van der Waals surface area (Å²) >= 11 is 6.05. The molecule has 2 unspecified atom stereocenters. The van der Waals surface area contributed by atoms with Gasteiger partial charge in [-0.05, 0) is 104 Å². The number of likely N-dealkylation sites (tertiary alicyclic amines) is 1. The zero-order valence-corrected chi connectivity index (χ0v) is 28.2. The first-order valence-electron chi connectivity index (χ1n) is 16.6. The van der Waals surface area contributed by atoms with Gasteiger partial charge in [0.25, 0.3) is 5.91 Å². The fraction of sp³-hybridized carbons (Fsp3) is 0.447. The van der Waals surface area contributed by atoms with E-state index >= 15 is 0 Å². The van der Waals surface area contributed by atoms with Gasteiger partial charge in [-0.15, -0.1) is 0 Å². The highest BCUT2D eigenvalue weighted by Gasteiger charge is 2.37. The number of halogens is 3. The molecule has 1 saturated heterocycles. The summed E-state index contributed by atoms with van der Waals surface area (Å²) in [5.74, 6) is -3.82. The van der Waals surface area contributed by atoms with Gasteiger partial charge in [-0.1, -0.05) is 44.0 Å². The highest BCUT2D eigenvalue weighted by atomic mass is 35.5. The van der Waals surface area contributed by atoms with Gasteiger partial charge in [-0.3, -0.25) is 14.4 Å².